The van der Waals surface area contributed by atoms with Crippen molar-refractivity contribution in [3.8, 4) is 11.5 Å². The van der Waals surface area contributed by atoms with Crippen LogP contribution >= 0.6 is 23.2 Å². The molecule has 38 heavy (non-hydrogen) atoms. The maximum atomic E-state index is 13.3. The van der Waals surface area contributed by atoms with Gasteiger partial charge in [-0.2, -0.15) is 0 Å². The Balaban J connectivity index is 1.24. The Labute approximate surface area is 232 Å². The van der Waals surface area contributed by atoms with Crippen molar-refractivity contribution < 1.29 is 13.2 Å². The fraction of sp³-hybridized carbons (Fsp3) is 0.133. The highest BCUT2D eigenvalue weighted by atomic mass is 35.5. The Morgan fingerprint density at radius 2 is 1.61 bits per heavy atom. The van der Waals surface area contributed by atoms with Crippen LogP contribution in [0.4, 0.5) is 11.4 Å². The van der Waals surface area contributed by atoms with E-state index in [2.05, 4.69) is 22.2 Å². The second-order valence-corrected chi connectivity index (χ2v) is 12.0. The zero-order valence-corrected chi connectivity index (χ0v) is 22.5. The minimum atomic E-state index is -3.80. The predicted octanol–water partition coefficient (Wildman–Crippen LogP) is 8.41. The molecule has 0 radical (unpaired) electrons. The summed E-state index contributed by atoms with van der Waals surface area (Å²) in [5.74, 6) is 1.62. The molecule has 0 fully saturated rings. The van der Waals surface area contributed by atoms with Crippen LogP contribution in [0.5, 0.6) is 11.5 Å². The number of allylic oxidation sites excluding steroid dienone is 2. The number of anilines is 2. The molecule has 0 saturated heterocycles. The molecule has 2 N–H and O–H groups in total. The Bertz CT molecular complexity index is 1620. The first-order valence-electron chi connectivity index (χ1n) is 12.3. The summed E-state index contributed by atoms with van der Waals surface area (Å²) < 4.78 is 35.1. The van der Waals surface area contributed by atoms with Crippen molar-refractivity contribution in [3.63, 3.8) is 0 Å². The summed E-state index contributed by atoms with van der Waals surface area (Å²) >= 11 is 12.7. The van der Waals surface area contributed by atoms with E-state index >= 15 is 0 Å². The van der Waals surface area contributed by atoms with Gasteiger partial charge in [0.15, 0.2) is 0 Å². The van der Waals surface area contributed by atoms with Crippen molar-refractivity contribution in [1.29, 1.82) is 0 Å². The average molecular weight is 564 g/mol. The number of hydrogen-bond donors (Lipinski definition) is 2. The summed E-state index contributed by atoms with van der Waals surface area (Å²) in [5, 5.41) is 4.82. The second-order valence-electron chi connectivity index (χ2n) is 9.44. The lowest BCUT2D eigenvalue weighted by molar-refractivity contribution is 0.425. The molecule has 0 aromatic heterocycles. The van der Waals surface area contributed by atoms with E-state index in [1.54, 1.807) is 42.5 Å². The van der Waals surface area contributed by atoms with Gasteiger partial charge in [-0.25, -0.2) is 8.42 Å². The van der Waals surface area contributed by atoms with Crippen LogP contribution in [0.25, 0.3) is 0 Å². The summed E-state index contributed by atoms with van der Waals surface area (Å²) in [5.41, 5.74) is 3.30. The van der Waals surface area contributed by atoms with Gasteiger partial charge in [-0.1, -0.05) is 59.6 Å². The van der Waals surface area contributed by atoms with E-state index in [0.29, 0.717) is 27.2 Å². The molecule has 4 aromatic carbocycles. The number of sulfonamides is 1. The van der Waals surface area contributed by atoms with Crippen LogP contribution in [0.2, 0.25) is 10.0 Å². The first-order valence-corrected chi connectivity index (χ1v) is 14.5. The van der Waals surface area contributed by atoms with Crippen molar-refractivity contribution in [3.05, 3.63) is 124 Å². The molecule has 0 amide bonds. The van der Waals surface area contributed by atoms with E-state index in [9.17, 15) is 8.42 Å². The van der Waals surface area contributed by atoms with E-state index in [0.717, 1.165) is 23.2 Å². The van der Waals surface area contributed by atoms with Crippen LogP contribution in [-0.2, 0) is 10.0 Å². The Kier molecular flexibility index (Phi) is 6.56. The lowest BCUT2D eigenvalue weighted by Gasteiger charge is -2.38. The SMILES string of the molecule is O=S(=O)(Nc1ccc(Oc2ccccc2)cc1)c1ccc2c(c1)[C@H]1C=CC[C@H]1[C@@H](c1ccc(Cl)cc1Cl)N2. The summed E-state index contributed by atoms with van der Waals surface area (Å²) in [6.07, 6.45) is 5.19. The molecular weight excluding hydrogens is 539 g/mol. The molecule has 2 aliphatic rings. The van der Waals surface area contributed by atoms with Crippen molar-refractivity contribution in [2.45, 2.75) is 23.3 Å². The first-order chi connectivity index (χ1) is 18.4. The van der Waals surface area contributed by atoms with Crippen LogP contribution in [0.3, 0.4) is 0 Å². The Morgan fingerprint density at radius 1 is 0.842 bits per heavy atom. The van der Waals surface area contributed by atoms with Crippen LogP contribution in [0, 0.1) is 5.92 Å². The van der Waals surface area contributed by atoms with E-state index < -0.39 is 10.0 Å². The van der Waals surface area contributed by atoms with Crippen LogP contribution in [-0.4, -0.2) is 8.42 Å². The van der Waals surface area contributed by atoms with Crippen LogP contribution in [0.1, 0.15) is 29.5 Å². The molecule has 4 aromatic rings. The second kappa shape index (κ2) is 10.0. The van der Waals surface area contributed by atoms with Gasteiger partial charge < -0.3 is 10.1 Å². The lowest BCUT2D eigenvalue weighted by Crippen LogP contribution is -2.29. The van der Waals surface area contributed by atoms with Gasteiger partial charge in [-0.15, -0.1) is 0 Å². The van der Waals surface area contributed by atoms with E-state index in [1.807, 2.05) is 48.5 Å². The van der Waals surface area contributed by atoms with E-state index in [1.165, 1.54) is 0 Å². The maximum Gasteiger partial charge on any atom is 0.261 e. The minimum Gasteiger partial charge on any atom is -0.457 e. The number of benzene rings is 4. The van der Waals surface area contributed by atoms with Crippen LogP contribution in [0.15, 0.2) is 108 Å². The fourth-order valence-electron chi connectivity index (χ4n) is 5.23. The van der Waals surface area contributed by atoms with Gasteiger partial charge in [0.2, 0.25) is 0 Å². The van der Waals surface area contributed by atoms with Gasteiger partial charge in [-0.05, 0) is 90.2 Å². The Morgan fingerprint density at radius 3 is 2.37 bits per heavy atom. The molecule has 0 saturated carbocycles. The van der Waals surface area contributed by atoms with Crippen molar-refractivity contribution in [2.24, 2.45) is 5.92 Å². The number of halogens is 2. The Hall–Kier alpha value is -3.45. The largest absolute Gasteiger partial charge is 0.457 e. The zero-order valence-electron chi connectivity index (χ0n) is 20.1. The lowest BCUT2D eigenvalue weighted by atomic mass is 9.77. The predicted molar refractivity (Wildman–Crippen MR) is 153 cm³/mol. The molecule has 8 heteroatoms. The number of rotatable bonds is 6. The van der Waals surface area contributed by atoms with Gasteiger partial charge in [0.1, 0.15) is 11.5 Å². The molecule has 0 bridgehead atoms. The third kappa shape index (κ3) is 4.87. The number of nitrogens with one attached hydrogen (secondary N) is 2. The van der Waals surface area contributed by atoms with Gasteiger partial charge in [0.05, 0.1) is 10.9 Å². The quantitative estimate of drug-likeness (QED) is 0.231. The standard InChI is InChI=1S/C30H24Cl2N2O3S/c31-19-9-15-26(28(32)17-19)30-25-8-4-7-24(25)27-18-23(14-16-29(27)33-30)38(35,36)34-20-10-12-22(13-11-20)37-21-5-2-1-3-6-21/h1-7,9-18,24-25,30,33-34H,8H2/t24-,25+,30-/m0/s1. The molecule has 1 heterocycles. The molecule has 1 aliphatic carbocycles. The molecule has 0 unspecified atom stereocenters. The first kappa shape index (κ1) is 24.9. The highest BCUT2D eigenvalue weighted by Gasteiger charge is 2.39. The number of ether oxygens (including phenoxy) is 1. The molecular formula is C30H24Cl2N2O3S. The zero-order chi connectivity index (χ0) is 26.3. The van der Waals surface area contributed by atoms with E-state index in [4.69, 9.17) is 27.9 Å². The number of hydrogen-bond acceptors (Lipinski definition) is 4. The van der Waals surface area contributed by atoms with E-state index in [-0.39, 0.29) is 22.8 Å². The fourth-order valence-corrected chi connectivity index (χ4v) is 6.85. The number of fused-ring (bicyclic) bond motifs is 3. The monoisotopic (exact) mass is 562 g/mol. The maximum absolute atomic E-state index is 13.3. The number of para-hydroxylation sites is 1. The third-order valence-electron chi connectivity index (χ3n) is 7.03. The van der Waals surface area contributed by atoms with Crippen molar-refractivity contribution in [2.75, 3.05) is 10.0 Å². The van der Waals surface area contributed by atoms with Gasteiger partial charge >= 0.3 is 0 Å². The molecule has 1 aliphatic heterocycles. The van der Waals surface area contributed by atoms with Gasteiger partial charge in [-0.3, -0.25) is 4.72 Å². The topological polar surface area (TPSA) is 67.4 Å². The summed E-state index contributed by atoms with van der Waals surface area (Å²) in [7, 11) is -3.80. The van der Waals surface area contributed by atoms with Crippen molar-refractivity contribution >= 4 is 44.6 Å². The molecule has 0 spiro atoms. The minimum absolute atomic E-state index is 0.00975. The van der Waals surface area contributed by atoms with Gasteiger partial charge in [0, 0.05) is 27.3 Å². The van der Waals surface area contributed by atoms with Gasteiger partial charge in [0.25, 0.3) is 10.0 Å². The molecule has 192 valence electrons. The highest BCUT2D eigenvalue weighted by molar-refractivity contribution is 7.92. The highest BCUT2D eigenvalue weighted by Crippen LogP contribution is 2.51. The summed E-state index contributed by atoms with van der Waals surface area (Å²) in [6, 6.07) is 27.0. The van der Waals surface area contributed by atoms with Crippen molar-refractivity contribution in [1.82, 2.24) is 0 Å². The average Bonchev–Trinajstić information content (AvgIpc) is 3.40. The summed E-state index contributed by atoms with van der Waals surface area (Å²) in [6.45, 7) is 0. The van der Waals surface area contributed by atoms with Crippen LogP contribution < -0.4 is 14.8 Å². The molecule has 6 rings (SSSR count). The smallest absolute Gasteiger partial charge is 0.261 e. The molecule has 3 atom stereocenters. The molecule has 5 nitrogen and oxygen atoms in total. The third-order valence-corrected chi connectivity index (χ3v) is 8.97. The normalized spacial score (nSPS) is 19.8. The summed E-state index contributed by atoms with van der Waals surface area (Å²) in [4.78, 5) is 0.213.